The third kappa shape index (κ3) is 9.69. The van der Waals surface area contributed by atoms with E-state index in [4.69, 9.17) is 27.4 Å². The molecule has 1 atom stereocenters. The van der Waals surface area contributed by atoms with Crippen molar-refractivity contribution >= 4 is 17.6 Å². The number of hydrogen-bond donors (Lipinski definition) is 0. The van der Waals surface area contributed by atoms with Gasteiger partial charge in [-0.25, -0.2) is 0 Å². The summed E-state index contributed by atoms with van der Waals surface area (Å²) in [6.45, 7) is 5.99. The first-order chi connectivity index (χ1) is 20.5. The van der Waals surface area contributed by atoms with Crippen molar-refractivity contribution in [2.45, 2.75) is 20.8 Å². The monoisotopic (exact) mass is 600 g/mol. The van der Waals surface area contributed by atoms with E-state index in [1.165, 1.54) is 0 Å². The molecule has 0 heterocycles. The molecule has 0 aliphatic rings. The molecule has 0 saturated heterocycles. The molecule has 0 fully saturated rings. The predicted octanol–water partition coefficient (Wildman–Crippen LogP) is 10.0. The number of benzene rings is 5. The smallest absolute Gasteiger partial charge is 0.497 e. The second kappa shape index (κ2) is 16.3. The average molecular weight is 601 g/mol. The van der Waals surface area contributed by atoms with Crippen LogP contribution in [0.3, 0.4) is 0 Å². The zero-order valence-electron chi connectivity index (χ0n) is 24.0. The minimum atomic E-state index is -1.69. The molecular formula is C34H34O6P2. The van der Waals surface area contributed by atoms with Gasteiger partial charge in [0.15, 0.2) is 0 Å². The molecule has 0 radical (unpaired) electrons. The molecule has 0 bridgehead atoms. The van der Waals surface area contributed by atoms with E-state index in [2.05, 4.69) is 0 Å². The molecule has 0 amide bonds. The largest absolute Gasteiger partial charge is 0.530 e. The molecule has 8 heteroatoms. The molecule has 1 unspecified atom stereocenters. The first-order valence-corrected chi connectivity index (χ1v) is 15.2. The summed E-state index contributed by atoms with van der Waals surface area (Å²) < 4.78 is 34.4. The summed E-state index contributed by atoms with van der Waals surface area (Å²) in [7, 11) is -0.0908. The Morgan fingerprint density at radius 1 is 0.452 bits per heavy atom. The van der Waals surface area contributed by atoms with Gasteiger partial charge in [-0.15, -0.1) is 0 Å². The minimum absolute atomic E-state index is 0.0165. The van der Waals surface area contributed by atoms with Gasteiger partial charge in [-0.3, -0.25) is 0 Å². The van der Waals surface area contributed by atoms with Crippen molar-refractivity contribution < 1.29 is 27.4 Å². The molecule has 5 rings (SSSR count). The van der Waals surface area contributed by atoms with Gasteiger partial charge in [-0.05, 0) is 79.9 Å². The highest BCUT2D eigenvalue weighted by Gasteiger charge is 2.21. The van der Waals surface area contributed by atoms with Crippen molar-refractivity contribution in [3.63, 3.8) is 0 Å². The van der Waals surface area contributed by atoms with Gasteiger partial charge in [0.05, 0.1) is 7.11 Å². The molecule has 0 spiro atoms. The molecule has 0 aromatic heterocycles. The second-order valence-electron chi connectivity index (χ2n) is 9.07. The standard InChI is InChI=1S/C21H21O4P.C13H13O2P/c1-16-9-4-6-13-20(16)24-26(25-21-14-7-5-10-17(21)2)23-19-12-8-11-18(15-19)22-3;1-11-7-5-6-10-13(11)15-16-14-12-8-3-2-4-9-12/h4-15H,1-3H3;2-10,16H,1H3. The summed E-state index contributed by atoms with van der Waals surface area (Å²) in [5.74, 6) is 4.50. The Hall–Kier alpha value is -4.24. The topological polar surface area (TPSA) is 55.4 Å². The van der Waals surface area contributed by atoms with Gasteiger partial charge in [-0.2, -0.15) is 0 Å². The van der Waals surface area contributed by atoms with E-state index in [1.54, 1.807) is 13.2 Å². The average Bonchev–Trinajstić information content (AvgIpc) is 3.01. The minimum Gasteiger partial charge on any atom is -0.497 e. The van der Waals surface area contributed by atoms with E-state index in [-0.39, 0.29) is 9.03 Å². The summed E-state index contributed by atoms with van der Waals surface area (Å²) in [6.07, 6.45) is 0. The van der Waals surface area contributed by atoms with E-state index in [1.807, 2.05) is 142 Å². The third-order valence-electron chi connectivity index (χ3n) is 5.90. The lowest BCUT2D eigenvalue weighted by atomic mass is 10.2. The SMILES string of the molecule is COc1cccc(OP(Oc2ccccc2C)Oc2ccccc2C)c1.Cc1ccccc1OPOc1ccccc1. The van der Waals surface area contributed by atoms with E-state index >= 15 is 0 Å². The maximum Gasteiger partial charge on any atom is 0.530 e. The Kier molecular flexibility index (Phi) is 11.9. The van der Waals surface area contributed by atoms with E-state index < -0.39 is 8.60 Å². The van der Waals surface area contributed by atoms with Crippen LogP contribution < -0.4 is 27.4 Å². The molecule has 0 aliphatic carbocycles. The number of aryl methyl sites for hydroxylation is 3. The Morgan fingerprint density at radius 3 is 1.48 bits per heavy atom. The lowest BCUT2D eigenvalue weighted by Crippen LogP contribution is -2.04. The Bertz CT molecular complexity index is 1480. The van der Waals surface area contributed by atoms with Gasteiger partial charge >= 0.3 is 8.60 Å². The van der Waals surface area contributed by atoms with E-state index in [9.17, 15) is 0 Å². The predicted molar refractivity (Wildman–Crippen MR) is 171 cm³/mol. The number of hydrogen-bond acceptors (Lipinski definition) is 6. The van der Waals surface area contributed by atoms with Crippen molar-refractivity contribution in [1.29, 1.82) is 0 Å². The second-order valence-corrected chi connectivity index (χ2v) is 10.6. The van der Waals surface area contributed by atoms with Gasteiger partial charge in [0, 0.05) is 6.07 Å². The van der Waals surface area contributed by atoms with Crippen LogP contribution in [0.25, 0.3) is 0 Å². The fourth-order valence-corrected chi connectivity index (χ4v) is 5.27. The van der Waals surface area contributed by atoms with E-state index in [0.717, 1.165) is 39.7 Å². The molecule has 6 nitrogen and oxygen atoms in total. The van der Waals surface area contributed by atoms with Crippen LogP contribution in [0.4, 0.5) is 0 Å². The fraction of sp³-hybridized carbons (Fsp3) is 0.118. The molecule has 0 aliphatic heterocycles. The normalized spacial score (nSPS) is 10.5. The number of rotatable bonds is 11. The molecule has 216 valence electrons. The fourth-order valence-electron chi connectivity index (χ4n) is 3.55. The highest BCUT2D eigenvalue weighted by Crippen LogP contribution is 2.44. The maximum atomic E-state index is 6.06. The van der Waals surface area contributed by atoms with Gasteiger partial charge in [0.25, 0.3) is 9.03 Å². The van der Waals surface area contributed by atoms with Crippen LogP contribution in [0.2, 0.25) is 0 Å². The summed E-state index contributed by atoms with van der Waals surface area (Å²) in [5.41, 5.74) is 3.15. The third-order valence-corrected chi connectivity index (χ3v) is 7.58. The van der Waals surface area contributed by atoms with Crippen LogP contribution in [-0.4, -0.2) is 7.11 Å². The molecule has 5 aromatic rings. The number of para-hydroxylation sites is 4. The van der Waals surface area contributed by atoms with Crippen molar-refractivity contribution in [3.8, 4) is 34.5 Å². The zero-order valence-corrected chi connectivity index (χ0v) is 25.9. The van der Waals surface area contributed by atoms with Gasteiger partial charge in [0.2, 0.25) is 0 Å². The van der Waals surface area contributed by atoms with Crippen molar-refractivity contribution in [2.75, 3.05) is 7.11 Å². The van der Waals surface area contributed by atoms with Crippen LogP contribution in [0, 0.1) is 20.8 Å². The molecule has 0 N–H and O–H groups in total. The van der Waals surface area contributed by atoms with Gasteiger partial charge in [-0.1, -0.05) is 78.9 Å². The number of methoxy groups -OCH3 is 1. The molecule has 42 heavy (non-hydrogen) atoms. The van der Waals surface area contributed by atoms with Gasteiger partial charge in [0.1, 0.15) is 34.5 Å². The maximum absolute atomic E-state index is 6.06. The molecular weight excluding hydrogens is 566 g/mol. The highest BCUT2D eigenvalue weighted by molar-refractivity contribution is 7.43. The first kappa shape index (κ1) is 30.7. The summed E-state index contributed by atoms with van der Waals surface area (Å²) in [4.78, 5) is 0. The Labute approximate surface area is 251 Å². The summed E-state index contributed by atoms with van der Waals surface area (Å²) in [6, 6.07) is 40.5. The van der Waals surface area contributed by atoms with Crippen LogP contribution in [0.15, 0.2) is 127 Å². The number of ether oxygens (including phenoxy) is 1. The molecule has 5 aromatic carbocycles. The van der Waals surface area contributed by atoms with Crippen LogP contribution in [0.5, 0.6) is 34.5 Å². The van der Waals surface area contributed by atoms with Crippen LogP contribution in [-0.2, 0) is 0 Å². The van der Waals surface area contributed by atoms with Crippen LogP contribution >= 0.6 is 17.6 Å². The summed E-state index contributed by atoms with van der Waals surface area (Å²) >= 11 is 0. The first-order valence-electron chi connectivity index (χ1n) is 13.3. The lowest BCUT2D eigenvalue weighted by Gasteiger charge is -2.20. The van der Waals surface area contributed by atoms with E-state index in [0.29, 0.717) is 11.5 Å². The van der Waals surface area contributed by atoms with Crippen molar-refractivity contribution in [2.24, 2.45) is 0 Å². The van der Waals surface area contributed by atoms with Gasteiger partial charge < -0.3 is 27.4 Å². The Balaban J connectivity index is 0.000000216. The molecule has 0 saturated carbocycles. The summed E-state index contributed by atoms with van der Waals surface area (Å²) in [5, 5.41) is 0. The van der Waals surface area contributed by atoms with Crippen LogP contribution in [0.1, 0.15) is 16.7 Å². The Morgan fingerprint density at radius 2 is 0.929 bits per heavy atom. The van der Waals surface area contributed by atoms with Crippen molar-refractivity contribution in [3.05, 3.63) is 144 Å². The highest BCUT2D eigenvalue weighted by atomic mass is 31.2. The van der Waals surface area contributed by atoms with Crippen molar-refractivity contribution in [1.82, 2.24) is 0 Å². The lowest BCUT2D eigenvalue weighted by molar-refractivity contribution is 0.381. The zero-order chi connectivity index (χ0) is 29.6. The quantitative estimate of drug-likeness (QED) is 0.141.